The zero-order chi connectivity index (χ0) is 38.0. The van der Waals surface area contributed by atoms with Gasteiger partial charge in [0.25, 0.3) is 11.2 Å². The third-order valence-corrected chi connectivity index (χ3v) is 10.6. The van der Waals surface area contributed by atoms with Crippen LogP contribution in [0.3, 0.4) is 0 Å². The summed E-state index contributed by atoms with van der Waals surface area (Å²) in [5.41, 5.74) is 6.61. The van der Waals surface area contributed by atoms with Crippen LogP contribution in [0.4, 0.5) is 5.69 Å². The first-order valence-corrected chi connectivity index (χ1v) is 17.3. The van der Waals surface area contributed by atoms with Crippen molar-refractivity contribution in [3.63, 3.8) is 0 Å². The van der Waals surface area contributed by atoms with Crippen LogP contribution >= 0.6 is 0 Å². The Morgan fingerprint density at radius 2 is 1.43 bits per heavy atom. The van der Waals surface area contributed by atoms with Crippen molar-refractivity contribution in [3.8, 4) is 5.75 Å². The van der Waals surface area contributed by atoms with E-state index in [0.29, 0.717) is 41.6 Å². The first-order chi connectivity index (χ1) is 25.4. The molecule has 17 nitrogen and oxygen atoms in total. The Hall–Kier alpha value is -5.26. The third kappa shape index (κ3) is 8.06. The van der Waals surface area contributed by atoms with Crippen LogP contribution in [-0.4, -0.2) is 64.2 Å². The van der Waals surface area contributed by atoms with Gasteiger partial charge < -0.3 is 28.5 Å². The van der Waals surface area contributed by atoms with E-state index in [4.69, 9.17) is 29.2 Å². The van der Waals surface area contributed by atoms with Crippen LogP contribution in [0, 0.1) is 46.2 Å². The maximum absolute atomic E-state index is 12.5. The number of hydrogen-bond donors (Lipinski definition) is 2. The third-order valence-electron chi connectivity index (χ3n) is 10.6. The quantitative estimate of drug-likeness (QED) is 0.130. The number of methoxy groups -OCH3 is 1. The molecule has 0 spiro atoms. The average molecular weight is 736 g/mol. The molecule has 0 amide bonds. The topological polar surface area (TPSA) is 224 Å². The van der Waals surface area contributed by atoms with Crippen molar-refractivity contribution in [1.82, 2.24) is 9.55 Å². The number of carbonyl (C=O) groups excluding carboxylic acids is 2. The minimum Gasteiger partial charge on any atom is -0.456 e. The lowest BCUT2D eigenvalue weighted by atomic mass is 9.94. The average Bonchev–Trinajstić information content (AvgIpc) is 3.90. The van der Waals surface area contributed by atoms with E-state index in [2.05, 4.69) is 22.0 Å². The molecule has 2 N–H and O–H groups in total. The molecule has 53 heavy (non-hydrogen) atoms. The molecule has 2 saturated carbocycles. The van der Waals surface area contributed by atoms with Crippen molar-refractivity contribution >= 4 is 17.6 Å². The summed E-state index contributed by atoms with van der Waals surface area (Å²) in [4.78, 5) is 65.8. The molecule has 2 aromatic carbocycles. The lowest BCUT2D eigenvalue weighted by molar-refractivity contribution is -0.384. The fraction of sp³-hybridized carbons (Fsp3) is 0.500. The smallest absolute Gasteiger partial charge is 0.338 e. The highest BCUT2D eigenvalue weighted by atomic mass is 16.7. The van der Waals surface area contributed by atoms with Crippen LogP contribution in [0.1, 0.15) is 72.0 Å². The highest BCUT2D eigenvalue weighted by Crippen LogP contribution is 2.47. The number of hydrogen-bond acceptors (Lipinski definition) is 14. The van der Waals surface area contributed by atoms with Gasteiger partial charge in [-0.15, -0.1) is 0 Å². The van der Waals surface area contributed by atoms with Crippen LogP contribution in [0.5, 0.6) is 5.75 Å². The molecule has 0 radical (unpaired) electrons. The summed E-state index contributed by atoms with van der Waals surface area (Å²) in [5, 5.41) is 13.6. The summed E-state index contributed by atoms with van der Waals surface area (Å²) in [6, 6.07) is 11.5. The number of nitrogens with one attached hydrogen (secondary N) is 2. The second kappa shape index (κ2) is 15.8. The SMILES string of the molecule is COC1C[C@@H]2[C@H](O1)[C@H](OC(=O)c1ccc(ON=N)cc1)C[C@H]2C.Cc1cn([C@@H]2C[C@@H]3[C@H](O2)[C@H](OC(=O)c2ccc([N+](=O)[O-])cc2)C[C@H]3C)c(=O)[nH]c1=O. The van der Waals surface area contributed by atoms with E-state index in [1.54, 1.807) is 38.3 Å². The Morgan fingerprint density at radius 1 is 0.887 bits per heavy atom. The van der Waals surface area contributed by atoms with Gasteiger partial charge >= 0.3 is 17.6 Å². The minimum absolute atomic E-state index is 0.0939. The molecule has 0 bridgehead atoms. The number of benzene rings is 2. The molecule has 2 aliphatic carbocycles. The largest absolute Gasteiger partial charge is 0.456 e. The molecular formula is C36H41N5O12. The molecule has 2 aliphatic heterocycles. The van der Waals surface area contributed by atoms with Crippen LogP contribution in [0.15, 0.2) is 69.6 Å². The first kappa shape index (κ1) is 37.5. The maximum atomic E-state index is 12.5. The van der Waals surface area contributed by atoms with Gasteiger partial charge in [0.1, 0.15) is 30.6 Å². The molecule has 4 fully saturated rings. The molecule has 2 saturated heterocycles. The highest BCUT2D eigenvalue weighted by Gasteiger charge is 2.52. The second-order valence-corrected chi connectivity index (χ2v) is 13.9. The van der Waals surface area contributed by atoms with E-state index in [9.17, 15) is 29.3 Å². The van der Waals surface area contributed by atoms with E-state index in [1.165, 1.54) is 35.0 Å². The summed E-state index contributed by atoms with van der Waals surface area (Å²) >= 11 is 0. The Balaban J connectivity index is 0.000000188. The standard InChI is InChI=1S/C20H21N3O7.C16H20N2O5/c1-10-7-15(29-19(25)12-3-5-13(6-4-12)23(27)28)17-14(10)8-16(30-17)22-9-11(2)18(24)21-20(22)26;1-9-7-13(15-12(9)8-14(20-2)22-15)21-16(19)10-3-5-11(6-4-10)23-18-17/h3-6,9-10,14-17H,7-8H2,1-2H3,(H,21,24,26);3-6,9,12-15,17H,7-8H2,1-2H3/t10-,14+,15-,16+,17+;9-,12+,13-,14?,15+/m11/s1. The van der Waals surface area contributed by atoms with Crippen LogP contribution < -0.4 is 16.1 Å². The zero-order valence-corrected chi connectivity index (χ0v) is 29.5. The Kier molecular flexibility index (Phi) is 11.2. The number of aryl methyl sites for hydroxylation is 1. The van der Waals surface area contributed by atoms with Crippen LogP contribution in [-0.2, 0) is 23.7 Å². The van der Waals surface area contributed by atoms with E-state index in [1.807, 2.05) is 6.92 Å². The van der Waals surface area contributed by atoms with E-state index in [0.717, 1.165) is 12.8 Å². The molecule has 1 unspecified atom stereocenters. The number of H-pyrrole nitrogens is 1. The van der Waals surface area contributed by atoms with Gasteiger partial charge in [-0.1, -0.05) is 13.8 Å². The lowest BCUT2D eigenvalue weighted by Crippen LogP contribution is -2.34. The molecule has 3 heterocycles. The molecule has 10 atom stereocenters. The summed E-state index contributed by atoms with van der Waals surface area (Å²) in [6.45, 7) is 5.81. The van der Waals surface area contributed by atoms with Gasteiger partial charge in [0.15, 0.2) is 12.0 Å². The fourth-order valence-electron chi connectivity index (χ4n) is 7.78. The van der Waals surface area contributed by atoms with Gasteiger partial charge in [-0.3, -0.25) is 24.5 Å². The van der Waals surface area contributed by atoms with Gasteiger partial charge in [-0.2, -0.15) is 5.53 Å². The Bertz CT molecular complexity index is 1950. The fourth-order valence-corrected chi connectivity index (χ4v) is 7.78. The zero-order valence-electron chi connectivity index (χ0n) is 29.5. The number of rotatable bonds is 9. The minimum atomic E-state index is -0.577. The van der Waals surface area contributed by atoms with E-state index < -0.39 is 34.5 Å². The first-order valence-electron chi connectivity index (χ1n) is 17.3. The van der Waals surface area contributed by atoms with Crippen LogP contribution in [0.2, 0.25) is 0 Å². The molecule has 4 aliphatic rings. The van der Waals surface area contributed by atoms with Crippen molar-refractivity contribution in [1.29, 1.82) is 5.53 Å². The lowest BCUT2D eigenvalue weighted by Gasteiger charge is -2.21. The number of non-ortho nitro benzene ring substituents is 1. The highest BCUT2D eigenvalue weighted by molar-refractivity contribution is 5.90. The molecule has 1 aromatic heterocycles. The number of ether oxygens (including phenoxy) is 5. The number of nitrogens with zero attached hydrogens (tertiary/aromatic N) is 3. The van der Waals surface area contributed by atoms with Crippen molar-refractivity contribution < 1.29 is 43.0 Å². The van der Waals surface area contributed by atoms with Crippen molar-refractivity contribution in [2.45, 2.75) is 83.4 Å². The Morgan fingerprint density at radius 3 is 1.98 bits per heavy atom. The molecule has 7 rings (SSSR count). The molecule has 3 aromatic rings. The monoisotopic (exact) mass is 735 g/mol. The van der Waals surface area contributed by atoms with Gasteiger partial charge in [-0.05, 0) is 86.3 Å². The van der Waals surface area contributed by atoms with E-state index in [-0.39, 0.29) is 53.7 Å². The summed E-state index contributed by atoms with van der Waals surface area (Å²) in [5.74, 6) is 0.555. The predicted molar refractivity (Wildman–Crippen MR) is 183 cm³/mol. The number of nitro groups is 1. The predicted octanol–water partition coefficient (Wildman–Crippen LogP) is 4.88. The van der Waals surface area contributed by atoms with Crippen molar-refractivity contribution in [2.24, 2.45) is 28.9 Å². The van der Waals surface area contributed by atoms with Gasteiger partial charge in [0.2, 0.25) is 0 Å². The second-order valence-electron chi connectivity index (χ2n) is 13.9. The number of fused-ring (bicyclic) bond motifs is 2. The number of carbonyl (C=O) groups is 2. The van der Waals surface area contributed by atoms with Gasteiger partial charge in [0, 0.05) is 42.7 Å². The summed E-state index contributed by atoms with van der Waals surface area (Å²) < 4.78 is 29.9. The van der Waals surface area contributed by atoms with Gasteiger partial charge in [0.05, 0.1) is 16.1 Å². The molecule has 17 heteroatoms. The van der Waals surface area contributed by atoms with E-state index >= 15 is 0 Å². The normalized spacial score (nSPS) is 29.7. The Labute approximate surface area is 303 Å². The molecular weight excluding hydrogens is 694 g/mol. The number of aromatic nitrogens is 2. The molecule has 282 valence electrons. The summed E-state index contributed by atoms with van der Waals surface area (Å²) in [7, 11) is 1.63. The number of aromatic amines is 1. The van der Waals surface area contributed by atoms with Gasteiger partial charge in [-0.25, -0.2) is 14.4 Å². The number of esters is 2. The maximum Gasteiger partial charge on any atom is 0.338 e. The van der Waals surface area contributed by atoms with Crippen molar-refractivity contribution in [3.05, 3.63) is 102 Å². The number of nitro benzene ring substituents is 1. The van der Waals surface area contributed by atoms with Crippen LogP contribution in [0.25, 0.3) is 0 Å². The van der Waals surface area contributed by atoms with Crippen molar-refractivity contribution in [2.75, 3.05) is 7.11 Å². The summed E-state index contributed by atoms with van der Waals surface area (Å²) in [6.07, 6.45) is 2.37.